The van der Waals surface area contributed by atoms with Gasteiger partial charge >= 0.3 is 11.9 Å². The number of nitrogens with one attached hydrogen (secondary N) is 1. The quantitative estimate of drug-likeness (QED) is 0.525. The number of cyclic esters (lactones) is 2. The summed E-state index contributed by atoms with van der Waals surface area (Å²) < 4.78 is 12.0. The summed E-state index contributed by atoms with van der Waals surface area (Å²) in [6, 6.07) is 9.17. The van der Waals surface area contributed by atoms with Crippen molar-refractivity contribution < 1.29 is 19.1 Å². The SMILES string of the molecule is CC1(C)OC(=O)C(=CNc2cc(-n3cccc3)ccc2Cl)C(=O)O1. The number of nitrogens with zero attached hydrogens (tertiary/aromatic N) is 1. The Hall–Kier alpha value is -2.73. The van der Waals surface area contributed by atoms with E-state index in [-0.39, 0.29) is 5.57 Å². The monoisotopic (exact) mass is 346 g/mol. The molecule has 0 bridgehead atoms. The van der Waals surface area contributed by atoms with E-state index < -0.39 is 17.7 Å². The highest BCUT2D eigenvalue weighted by atomic mass is 35.5. The van der Waals surface area contributed by atoms with Gasteiger partial charge in [0.1, 0.15) is 0 Å². The van der Waals surface area contributed by atoms with Crippen molar-refractivity contribution in [2.24, 2.45) is 0 Å². The lowest BCUT2D eigenvalue weighted by atomic mass is 10.2. The zero-order valence-electron chi connectivity index (χ0n) is 13.1. The zero-order valence-corrected chi connectivity index (χ0v) is 13.8. The summed E-state index contributed by atoms with van der Waals surface area (Å²) in [7, 11) is 0. The first-order chi connectivity index (χ1) is 11.4. The van der Waals surface area contributed by atoms with Crippen LogP contribution in [0.2, 0.25) is 5.02 Å². The molecule has 6 nitrogen and oxygen atoms in total. The van der Waals surface area contributed by atoms with Crippen molar-refractivity contribution in [3.05, 3.63) is 59.5 Å². The molecule has 124 valence electrons. The number of hydrogen-bond donors (Lipinski definition) is 1. The fourth-order valence-electron chi connectivity index (χ4n) is 2.22. The van der Waals surface area contributed by atoms with Crippen LogP contribution in [0.1, 0.15) is 13.8 Å². The number of ether oxygens (including phenoxy) is 2. The normalized spacial score (nSPS) is 16.4. The van der Waals surface area contributed by atoms with Gasteiger partial charge in [-0.1, -0.05) is 11.6 Å². The van der Waals surface area contributed by atoms with Crippen molar-refractivity contribution in [3.8, 4) is 5.69 Å². The third-order valence-corrected chi connectivity index (χ3v) is 3.67. The molecule has 3 rings (SSSR count). The maximum absolute atomic E-state index is 11.9. The molecule has 1 saturated heterocycles. The van der Waals surface area contributed by atoms with Crippen LogP contribution in [0, 0.1) is 0 Å². The topological polar surface area (TPSA) is 69.6 Å². The molecule has 2 heterocycles. The van der Waals surface area contributed by atoms with Crippen LogP contribution in [0.3, 0.4) is 0 Å². The van der Waals surface area contributed by atoms with Gasteiger partial charge in [0, 0.05) is 38.1 Å². The largest absolute Gasteiger partial charge is 0.419 e. The summed E-state index contributed by atoms with van der Waals surface area (Å²) in [4.78, 5) is 23.8. The highest BCUT2D eigenvalue weighted by molar-refractivity contribution is 6.33. The molecule has 0 saturated carbocycles. The van der Waals surface area contributed by atoms with Gasteiger partial charge in [-0.25, -0.2) is 9.59 Å². The summed E-state index contributed by atoms with van der Waals surface area (Å²) in [6.07, 6.45) is 5.02. The molecule has 1 aromatic carbocycles. The van der Waals surface area contributed by atoms with Gasteiger partial charge in [-0.15, -0.1) is 0 Å². The highest BCUT2D eigenvalue weighted by Crippen LogP contribution is 2.27. The molecule has 1 fully saturated rings. The predicted molar refractivity (Wildman–Crippen MR) is 88.7 cm³/mol. The molecule has 7 heteroatoms. The van der Waals surface area contributed by atoms with Gasteiger partial charge in [-0.05, 0) is 30.3 Å². The molecule has 1 N–H and O–H groups in total. The highest BCUT2D eigenvalue weighted by Gasteiger charge is 2.38. The Bertz CT molecular complexity index is 803. The van der Waals surface area contributed by atoms with Crippen LogP contribution in [-0.2, 0) is 19.1 Å². The molecule has 1 aromatic heterocycles. The number of esters is 2. The van der Waals surface area contributed by atoms with Gasteiger partial charge in [0.25, 0.3) is 5.79 Å². The predicted octanol–water partition coefficient (Wildman–Crippen LogP) is 3.26. The minimum atomic E-state index is -1.27. The number of carbonyl (C=O) groups excluding carboxylic acids is 2. The van der Waals surface area contributed by atoms with Crippen molar-refractivity contribution in [2.75, 3.05) is 5.32 Å². The minimum absolute atomic E-state index is 0.225. The van der Waals surface area contributed by atoms with Crippen LogP contribution in [-0.4, -0.2) is 22.3 Å². The van der Waals surface area contributed by atoms with E-state index in [1.165, 1.54) is 20.0 Å². The van der Waals surface area contributed by atoms with Gasteiger partial charge in [0.2, 0.25) is 0 Å². The molecule has 0 atom stereocenters. The van der Waals surface area contributed by atoms with Crippen molar-refractivity contribution in [1.82, 2.24) is 4.57 Å². The Kier molecular flexibility index (Phi) is 4.07. The van der Waals surface area contributed by atoms with E-state index >= 15 is 0 Å². The average molecular weight is 347 g/mol. The summed E-state index contributed by atoms with van der Waals surface area (Å²) >= 11 is 6.16. The number of hydrogen-bond acceptors (Lipinski definition) is 5. The molecule has 0 spiro atoms. The molecule has 0 unspecified atom stereocenters. The number of aromatic nitrogens is 1. The van der Waals surface area contributed by atoms with Crippen LogP contribution in [0.5, 0.6) is 0 Å². The Morgan fingerprint density at radius 1 is 1.12 bits per heavy atom. The molecule has 0 amide bonds. The first-order valence-electron chi connectivity index (χ1n) is 7.22. The third kappa shape index (κ3) is 3.28. The maximum Gasteiger partial charge on any atom is 0.350 e. The van der Waals surface area contributed by atoms with E-state index in [1.807, 2.05) is 35.2 Å². The maximum atomic E-state index is 11.9. The van der Waals surface area contributed by atoms with Gasteiger partial charge in [-0.2, -0.15) is 0 Å². The van der Waals surface area contributed by atoms with Crippen molar-refractivity contribution in [3.63, 3.8) is 0 Å². The first kappa shape index (κ1) is 16.1. The van der Waals surface area contributed by atoms with Gasteiger partial charge in [-0.3, -0.25) is 0 Å². The number of carbonyl (C=O) groups is 2. The summed E-state index contributed by atoms with van der Waals surface area (Å²) in [5, 5.41) is 3.31. The summed E-state index contributed by atoms with van der Waals surface area (Å²) in [6.45, 7) is 2.98. The van der Waals surface area contributed by atoms with E-state index in [0.717, 1.165) is 5.69 Å². The molecule has 1 aliphatic heterocycles. The minimum Gasteiger partial charge on any atom is -0.419 e. The first-order valence-corrected chi connectivity index (χ1v) is 7.60. The Morgan fingerprint density at radius 2 is 1.75 bits per heavy atom. The van der Waals surface area contributed by atoms with E-state index in [9.17, 15) is 9.59 Å². The molecular formula is C17H15ClN2O4. The van der Waals surface area contributed by atoms with Gasteiger partial charge in [0.05, 0.1) is 10.7 Å². The van der Waals surface area contributed by atoms with Crippen molar-refractivity contribution in [1.29, 1.82) is 0 Å². The average Bonchev–Trinajstić information content (AvgIpc) is 3.01. The Morgan fingerprint density at radius 3 is 2.38 bits per heavy atom. The second-order valence-electron chi connectivity index (χ2n) is 5.64. The Labute approximate surface area is 143 Å². The van der Waals surface area contributed by atoms with Crippen LogP contribution >= 0.6 is 11.6 Å². The molecule has 0 aliphatic carbocycles. The zero-order chi connectivity index (χ0) is 17.3. The second-order valence-corrected chi connectivity index (χ2v) is 6.04. The molecule has 2 aromatic rings. The summed E-state index contributed by atoms with van der Waals surface area (Å²) in [5.41, 5.74) is 1.19. The second kappa shape index (κ2) is 6.05. The van der Waals surface area contributed by atoms with Crippen molar-refractivity contribution >= 4 is 29.2 Å². The summed E-state index contributed by atoms with van der Waals surface area (Å²) in [5.74, 6) is -2.76. The van der Waals surface area contributed by atoms with E-state index in [0.29, 0.717) is 10.7 Å². The van der Waals surface area contributed by atoms with Gasteiger partial charge in [0.15, 0.2) is 5.57 Å². The van der Waals surface area contributed by atoms with Crippen LogP contribution in [0.15, 0.2) is 54.5 Å². The molecule has 24 heavy (non-hydrogen) atoms. The number of rotatable bonds is 3. The number of benzene rings is 1. The fourth-order valence-corrected chi connectivity index (χ4v) is 2.39. The molecule has 1 aliphatic rings. The lowest BCUT2D eigenvalue weighted by Gasteiger charge is -2.29. The van der Waals surface area contributed by atoms with E-state index in [4.69, 9.17) is 21.1 Å². The third-order valence-electron chi connectivity index (χ3n) is 3.34. The van der Waals surface area contributed by atoms with Gasteiger partial charge < -0.3 is 19.4 Å². The van der Waals surface area contributed by atoms with Crippen molar-refractivity contribution in [2.45, 2.75) is 19.6 Å². The Balaban J connectivity index is 1.85. The molecule has 0 radical (unpaired) electrons. The van der Waals surface area contributed by atoms with Crippen LogP contribution < -0.4 is 5.32 Å². The van der Waals surface area contributed by atoms with E-state index in [2.05, 4.69) is 5.32 Å². The number of halogens is 1. The lowest BCUT2D eigenvalue weighted by molar-refractivity contribution is -0.222. The fraction of sp³-hybridized carbons (Fsp3) is 0.176. The van der Waals surface area contributed by atoms with E-state index in [1.54, 1.807) is 12.1 Å². The lowest BCUT2D eigenvalue weighted by Crippen LogP contribution is -2.42. The van der Waals surface area contributed by atoms with Crippen LogP contribution in [0.4, 0.5) is 5.69 Å². The molecular weight excluding hydrogens is 332 g/mol. The van der Waals surface area contributed by atoms with Crippen LogP contribution in [0.25, 0.3) is 5.69 Å². The number of anilines is 1. The standard InChI is InChI=1S/C17H15ClN2O4/c1-17(2)23-15(21)12(16(22)24-17)10-19-14-9-11(5-6-13(14)18)20-7-3-4-8-20/h3-10,19H,1-2H3. The smallest absolute Gasteiger partial charge is 0.350 e.